The first-order valence-corrected chi connectivity index (χ1v) is 4.81. The number of methoxy groups -OCH3 is 1. The van der Waals surface area contributed by atoms with Gasteiger partial charge in [-0.15, -0.1) is 0 Å². The van der Waals surface area contributed by atoms with Gasteiger partial charge in [-0.25, -0.2) is 4.39 Å². The van der Waals surface area contributed by atoms with E-state index < -0.39 is 0 Å². The van der Waals surface area contributed by atoms with Gasteiger partial charge in [0, 0.05) is 12.1 Å². The first-order chi connectivity index (χ1) is 6.70. The molecule has 2 nitrogen and oxygen atoms in total. The summed E-state index contributed by atoms with van der Waals surface area (Å²) in [7, 11) is 1.55. The number of nitrogens with two attached hydrogens (primary N) is 1. The van der Waals surface area contributed by atoms with Crippen molar-refractivity contribution in [2.45, 2.75) is 25.3 Å². The first-order valence-electron chi connectivity index (χ1n) is 4.81. The molecular formula is C11H14FNO. The van der Waals surface area contributed by atoms with Gasteiger partial charge < -0.3 is 10.5 Å². The Morgan fingerprint density at radius 3 is 3.00 bits per heavy atom. The monoisotopic (exact) mass is 195 g/mol. The molecule has 14 heavy (non-hydrogen) atoms. The standard InChI is InChI=1S/C11H14FNO/c1-14-9-5-7-4-8(13)2-3-10(7)11(12)6-9/h5-6,8H,2-4,13H2,1H3. The molecule has 2 rings (SSSR count). The van der Waals surface area contributed by atoms with Crippen LogP contribution in [0.25, 0.3) is 0 Å². The summed E-state index contributed by atoms with van der Waals surface area (Å²) in [6.07, 6.45) is 2.37. The van der Waals surface area contributed by atoms with Crippen LogP contribution in [0.5, 0.6) is 5.75 Å². The predicted molar refractivity (Wildman–Crippen MR) is 53.0 cm³/mol. The summed E-state index contributed by atoms with van der Waals surface area (Å²) in [6.45, 7) is 0. The van der Waals surface area contributed by atoms with E-state index in [1.54, 1.807) is 7.11 Å². The SMILES string of the molecule is COc1cc(F)c2c(c1)CC(N)CC2. The minimum absolute atomic E-state index is 0.161. The van der Waals surface area contributed by atoms with Crippen molar-refractivity contribution in [3.05, 3.63) is 29.1 Å². The second kappa shape index (κ2) is 3.58. The molecule has 0 fully saturated rings. The Morgan fingerprint density at radius 2 is 2.29 bits per heavy atom. The van der Waals surface area contributed by atoms with Gasteiger partial charge >= 0.3 is 0 Å². The Labute approximate surface area is 82.9 Å². The Kier molecular flexibility index (Phi) is 2.42. The number of hydrogen-bond donors (Lipinski definition) is 1. The van der Waals surface area contributed by atoms with Gasteiger partial charge in [0.1, 0.15) is 11.6 Å². The van der Waals surface area contributed by atoms with Gasteiger partial charge in [-0.1, -0.05) is 0 Å². The van der Waals surface area contributed by atoms with E-state index in [4.69, 9.17) is 10.5 Å². The van der Waals surface area contributed by atoms with Gasteiger partial charge in [0.05, 0.1) is 7.11 Å². The lowest BCUT2D eigenvalue weighted by atomic mass is 9.88. The van der Waals surface area contributed by atoms with Crippen molar-refractivity contribution in [3.8, 4) is 5.75 Å². The smallest absolute Gasteiger partial charge is 0.130 e. The zero-order valence-corrected chi connectivity index (χ0v) is 8.22. The third-order valence-electron chi connectivity index (χ3n) is 2.74. The molecule has 0 heterocycles. The molecular weight excluding hydrogens is 181 g/mol. The Bertz CT molecular complexity index is 351. The van der Waals surface area contributed by atoms with E-state index in [0.29, 0.717) is 5.75 Å². The van der Waals surface area contributed by atoms with Crippen molar-refractivity contribution < 1.29 is 9.13 Å². The van der Waals surface area contributed by atoms with E-state index >= 15 is 0 Å². The molecule has 0 saturated heterocycles. The molecule has 0 spiro atoms. The van der Waals surface area contributed by atoms with E-state index in [-0.39, 0.29) is 11.9 Å². The molecule has 0 aliphatic heterocycles. The minimum atomic E-state index is -0.161. The average Bonchev–Trinajstić information content (AvgIpc) is 2.16. The maximum atomic E-state index is 13.5. The lowest BCUT2D eigenvalue weighted by molar-refractivity contribution is 0.408. The highest BCUT2D eigenvalue weighted by Gasteiger charge is 2.19. The van der Waals surface area contributed by atoms with Crippen LogP contribution in [-0.2, 0) is 12.8 Å². The highest BCUT2D eigenvalue weighted by atomic mass is 19.1. The summed E-state index contributed by atoms with van der Waals surface area (Å²) < 4.78 is 18.5. The molecule has 0 bridgehead atoms. The predicted octanol–water partition coefficient (Wildman–Crippen LogP) is 1.65. The Hall–Kier alpha value is -1.09. The summed E-state index contributed by atoms with van der Waals surface area (Å²) in [5.74, 6) is 0.418. The van der Waals surface area contributed by atoms with E-state index in [9.17, 15) is 4.39 Å². The quantitative estimate of drug-likeness (QED) is 0.739. The second-order valence-corrected chi connectivity index (χ2v) is 3.75. The van der Waals surface area contributed by atoms with Crippen LogP contribution < -0.4 is 10.5 Å². The molecule has 1 aliphatic carbocycles. The fourth-order valence-electron chi connectivity index (χ4n) is 1.96. The van der Waals surface area contributed by atoms with Crippen molar-refractivity contribution >= 4 is 0 Å². The maximum Gasteiger partial charge on any atom is 0.130 e. The van der Waals surface area contributed by atoms with Crippen molar-refractivity contribution in [2.75, 3.05) is 7.11 Å². The number of ether oxygens (including phenoxy) is 1. The number of benzene rings is 1. The van der Waals surface area contributed by atoms with Gasteiger partial charge in [-0.05, 0) is 36.5 Å². The molecule has 2 N–H and O–H groups in total. The maximum absolute atomic E-state index is 13.5. The highest BCUT2D eigenvalue weighted by molar-refractivity contribution is 5.39. The van der Waals surface area contributed by atoms with Crippen LogP contribution >= 0.6 is 0 Å². The molecule has 1 aromatic rings. The number of halogens is 1. The van der Waals surface area contributed by atoms with Crippen molar-refractivity contribution in [2.24, 2.45) is 5.73 Å². The zero-order valence-electron chi connectivity index (χ0n) is 8.22. The number of rotatable bonds is 1. The van der Waals surface area contributed by atoms with Crippen molar-refractivity contribution in [1.82, 2.24) is 0 Å². The van der Waals surface area contributed by atoms with Crippen LogP contribution in [0.4, 0.5) is 4.39 Å². The second-order valence-electron chi connectivity index (χ2n) is 3.75. The summed E-state index contributed by atoms with van der Waals surface area (Å²) in [5.41, 5.74) is 7.64. The normalized spacial score (nSPS) is 20.4. The van der Waals surface area contributed by atoms with Crippen LogP contribution in [0.15, 0.2) is 12.1 Å². The van der Waals surface area contributed by atoms with Gasteiger partial charge in [-0.2, -0.15) is 0 Å². The number of fused-ring (bicyclic) bond motifs is 1. The summed E-state index contributed by atoms with van der Waals surface area (Å²) in [6, 6.07) is 3.49. The first kappa shape index (κ1) is 9.46. The van der Waals surface area contributed by atoms with E-state index in [0.717, 1.165) is 30.4 Å². The van der Waals surface area contributed by atoms with Gasteiger partial charge in [0.15, 0.2) is 0 Å². The molecule has 3 heteroatoms. The summed E-state index contributed by atoms with van der Waals surface area (Å²) >= 11 is 0. The average molecular weight is 195 g/mol. The van der Waals surface area contributed by atoms with E-state index in [1.807, 2.05) is 6.07 Å². The van der Waals surface area contributed by atoms with Crippen LogP contribution in [0.3, 0.4) is 0 Å². The Balaban J connectivity index is 2.43. The topological polar surface area (TPSA) is 35.2 Å². The van der Waals surface area contributed by atoms with Gasteiger partial charge in [-0.3, -0.25) is 0 Å². The molecule has 1 atom stereocenters. The van der Waals surface area contributed by atoms with Crippen LogP contribution in [-0.4, -0.2) is 13.2 Å². The third-order valence-corrected chi connectivity index (χ3v) is 2.74. The van der Waals surface area contributed by atoms with Gasteiger partial charge in [0.25, 0.3) is 0 Å². The molecule has 0 saturated carbocycles. The zero-order chi connectivity index (χ0) is 10.1. The van der Waals surface area contributed by atoms with Crippen LogP contribution in [0.2, 0.25) is 0 Å². The molecule has 0 amide bonds. The summed E-state index contributed by atoms with van der Waals surface area (Å²) in [4.78, 5) is 0. The van der Waals surface area contributed by atoms with Crippen LogP contribution in [0, 0.1) is 5.82 Å². The fourth-order valence-corrected chi connectivity index (χ4v) is 1.96. The fraction of sp³-hybridized carbons (Fsp3) is 0.455. The molecule has 76 valence electrons. The van der Waals surface area contributed by atoms with Crippen LogP contribution in [0.1, 0.15) is 17.5 Å². The van der Waals surface area contributed by atoms with E-state index in [2.05, 4.69) is 0 Å². The molecule has 1 aliphatic rings. The number of hydrogen-bond acceptors (Lipinski definition) is 2. The molecule has 0 radical (unpaired) electrons. The lowest BCUT2D eigenvalue weighted by Gasteiger charge is -2.22. The lowest BCUT2D eigenvalue weighted by Crippen LogP contribution is -2.28. The summed E-state index contributed by atoms with van der Waals surface area (Å²) in [5, 5.41) is 0. The molecule has 1 aromatic carbocycles. The third kappa shape index (κ3) is 1.60. The van der Waals surface area contributed by atoms with Crippen molar-refractivity contribution in [3.63, 3.8) is 0 Å². The van der Waals surface area contributed by atoms with Gasteiger partial charge in [0.2, 0.25) is 0 Å². The highest BCUT2D eigenvalue weighted by Crippen LogP contribution is 2.27. The minimum Gasteiger partial charge on any atom is -0.497 e. The van der Waals surface area contributed by atoms with E-state index in [1.165, 1.54) is 6.07 Å². The van der Waals surface area contributed by atoms with Crippen molar-refractivity contribution in [1.29, 1.82) is 0 Å². The molecule has 0 aromatic heterocycles. The largest absolute Gasteiger partial charge is 0.497 e. The molecule has 1 unspecified atom stereocenters. The Morgan fingerprint density at radius 1 is 1.50 bits per heavy atom.